The summed E-state index contributed by atoms with van der Waals surface area (Å²) in [6, 6.07) is 1.92. The lowest BCUT2D eigenvalue weighted by Crippen LogP contribution is -1.74. The Balaban J connectivity index is 3.08. The molecule has 0 atom stereocenters. The van der Waals surface area contributed by atoms with Gasteiger partial charge in [0, 0.05) is 23.5 Å². The fraction of sp³-hybridized carbons (Fsp3) is 0. The molecule has 7 heteroatoms. The zero-order valence-corrected chi connectivity index (χ0v) is 8.46. The molecule has 0 N–H and O–H groups in total. The third kappa shape index (κ3) is 2.13. The Kier molecular flexibility index (Phi) is 3.60. The molecular formula is C6N4S3. The number of thiocyanates is 2. The molecule has 0 saturated carbocycles. The average molecular weight is 224 g/mol. The molecule has 0 aliphatic carbocycles. The number of nitriles is 3. The molecule has 62 valence electrons. The molecule has 0 radical (unpaired) electrons. The van der Waals surface area contributed by atoms with Gasteiger partial charge in [-0.1, -0.05) is 0 Å². The van der Waals surface area contributed by atoms with Crippen molar-refractivity contribution in [1.82, 2.24) is 4.37 Å². The van der Waals surface area contributed by atoms with Gasteiger partial charge in [0.15, 0.2) is 0 Å². The fourth-order valence-electron chi connectivity index (χ4n) is 0.579. The van der Waals surface area contributed by atoms with E-state index in [-0.39, 0.29) is 0 Å². The Bertz CT molecular complexity index is 397. The molecule has 0 aliphatic heterocycles. The van der Waals surface area contributed by atoms with E-state index in [2.05, 4.69) is 4.37 Å². The van der Waals surface area contributed by atoms with Gasteiger partial charge in [-0.15, -0.1) is 0 Å². The van der Waals surface area contributed by atoms with Crippen molar-refractivity contribution in [3.63, 3.8) is 0 Å². The van der Waals surface area contributed by atoms with Gasteiger partial charge in [0.2, 0.25) is 0 Å². The molecule has 4 nitrogen and oxygen atoms in total. The van der Waals surface area contributed by atoms with Crippen molar-refractivity contribution in [2.24, 2.45) is 0 Å². The predicted octanol–water partition coefficient (Wildman–Crippen LogP) is 2.16. The lowest BCUT2D eigenvalue weighted by molar-refractivity contribution is 1.24. The van der Waals surface area contributed by atoms with Gasteiger partial charge in [-0.3, -0.25) is 0 Å². The summed E-state index contributed by atoms with van der Waals surface area (Å²) in [5.74, 6) is 0. The maximum Gasteiger partial charge on any atom is 0.143 e. The second-order valence-electron chi connectivity index (χ2n) is 1.65. The van der Waals surface area contributed by atoms with E-state index in [1.54, 1.807) is 0 Å². The molecule has 13 heavy (non-hydrogen) atoms. The van der Waals surface area contributed by atoms with Crippen molar-refractivity contribution in [3.05, 3.63) is 5.56 Å². The minimum atomic E-state index is 0.322. The van der Waals surface area contributed by atoms with Crippen LogP contribution >= 0.6 is 35.1 Å². The van der Waals surface area contributed by atoms with Crippen LogP contribution in [-0.4, -0.2) is 4.37 Å². The van der Waals surface area contributed by atoms with E-state index in [0.717, 1.165) is 35.1 Å². The first kappa shape index (κ1) is 9.88. The Morgan fingerprint density at radius 2 is 1.85 bits per heavy atom. The summed E-state index contributed by atoms with van der Waals surface area (Å²) in [6.45, 7) is 0. The molecule has 0 saturated heterocycles. The Morgan fingerprint density at radius 3 is 2.38 bits per heavy atom. The molecule has 0 spiro atoms. The van der Waals surface area contributed by atoms with Crippen molar-refractivity contribution >= 4 is 35.1 Å². The van der Waals surface area contributed by atoms with Crippen molar-refractivity contribution in [3.8, 4) is 16.9 Å². The van der Waals surface area contributed by atoms with Crippen molar-refractivity contribution in [1.29, 1.82) is 15.8 Å². The minimum absolute atomic E-state index is 0.322. The summed E-state index contributed by atoms with van der Waals surface area (Å²) in [5.41, 5.74) is 0.322. The van der Waals surface area contributed by atoms with Crippen LogP contribution in [0.2, 0.25) is 0 Å². The third-order valence-corrected chi connectivity index (χ3v) is 3.32. The van der Waals surface area contributed by atoms with Crippen LogP contribution in [0, 0.1) is 32.7 Å². The number of hydrogen-bond acceptors (Lipinski definition) is 7. The maximum atomic E-state index is 8.71. The summed E-state index contributed by atoms with van der Waals surface area (Å²) in [7, 11) is 0. The smallest absolute Gasteiger partial charge is 0.143 e. The van der Waals surface area contributed by atoms with Crippen LogP contribution in [0.4, 0.5) is 0 Å². The first-order chi connectivity index (χ1) is 6.33. The summed E-state index contributed by atoms with van der Waals surface area (Å²) in [6.07, 6.45) is 0. The van der Waals surface area contributed by atoms with Gasteiger partial charge in [0.05, 0.1) is 0 Å². The molecule has 1 rings (SSSR count). The van der Waals surface area contributed by atoms with Gasteiger partial charge in [-0.2, -0.15) is 20.2 Å². The Labute approximate surface area is 87.0 Å². The Morgan fingerprint density at radius 1 is 1.15 bits per heavy atom. The third-order valence-electron chi connectivity index (χ3n) is 1.02. The van der Waals surface area contributed by atoms with Crippen LogP contribution in [0.25, 0.3) is 0 Å². The fourth-order valence-corrected chi connectivity index (χ4v) is 2.50. The normalized spacial score (nSPS) is 8.38. The zero-order valence-electron chi connectivity index (χ0n) is 6.01. The predicted molar refractivity (Wildman–Crippen MR) is 49.8 cm³/mol. The first-order valence-electron chi connectivity index (χ1n) is 2.85. The quantitative estimate of drug-likeness (QED) is 0.565. The molecule has 1 aromatic rings. The molecule has 0 unspecified atom stereocenters. The number of hydrogen-bond donors (Lipinski definition) is 0. The summed E-state index contributed by atoms with van der Waals surface area (Å²) in [4.78, 5) is 0. The van der Waals surface area contributed by atoms with E-state index < -0.39 is 0 Å². The lowest BCUT2D eigenvalue weighted by atomic mass is 10.4. The van der Waals surface area contributed by atoms with E-state index in [1.165, 1.54) is 0 Å². The highest BCUT2D eigenvalue weighted by Gasteiger charge is 2.14. The van der Waals surface area contributed by atoms with Crippen molar-refractivity contribution in [2.75, 3.05) is 0 Å². The molecule has 0 fully saturated rings. The molecule has 1 heterocycles. The van der Waals surface area contributed by atoms with Crippen molar-refractivity contribution < 1.29 is 0 Å². The van der Waals surface area contributed by atoms with Gasteiger partial charge >= 0.3 is 0 Å². The van der Waals surface area contributed by atoms with Crippen LogP contribution in [0.1, 0.15) is 5.56 Å². The molecular weight excluding hydrogens is 224 g/mol. The molecule has 0 aromatic carbocycles. The van der Waals surface area contributed by atoms with Gasteiger partial charge in [-0.25, -0.2) is 0 Å². The van der Waals surface area contributed by atoms with E-state index in [4.69, 9.17) is 15.8 Å². The largest absolute Gasteiger partial charge is 0.192 e. The van der Waals surface area contributed by atoms with E-state index in [9.17, 15) is 0 Å². The van der Waals surface area contributed by atoms with Crippen molar-refractivity contribution in [2.45, 2.75) is 9.24 Å². The average Bonchev–Trinajstić information content (AvgIpc) is 2.49. The topological polar surface area (TPSA) is 84.3 Å². The molecule has 0 bridgehead atoms. The SMILES string of the molecule is N#CSc1nsc(SC#N)c1C#N. The first-order valence-corrected chi connectivity index (χ1v) is 5.25. The standard InChI is InChI=1S/C6N4S3/c7-1-4-5(11-2-8)10-13-6(4)12-3-9. The lowest BCUT2D eigenvalue weighted by Gasteiger charge is -1.85. The highest BCUT2D eigenvalue weighted by atomic mass is 32.2. The van der Waals surface area contributed by atoms with E-state index in [1.807, 2.05) is 16.9 Å². The molecule has 1 aromatic heterocycles. The van der Waals surface area contributed by atoms with Crippen LogP contribution in [0.5, 0.6) is 0 Å². The highest BCUT2D eigenvalue weighted by molar-refractivity contribution is 8.05. The Hall–Kier alpha value is -1.20. The zero-order chi connectivity index (χ0) is 9.68. The summed E-state index contributed by atoms with van der Waals surface area (Å²) >= 11 is 2.78. The van der Waals surface area contributed by atoms with E-state index >= 15 is 0 Å². The number of nitrogens with zero attached hydrogens (tertiary/aromatic N) is 4. The van der Waals surface area contributed by atoms with Crippen LogP contribution in [-0.2, 0) is 0 Å². The molecule has 0 aliphatic rings. The number of aromatic nitrogens is 1. The number of thioether (sulfide) groups is 2. The summed E-state index contributed by atoms with van der Waals surface area (Å²) < 4.78 is 4.43. The van der Waals surface area contributed by atoms with Gasteiger partial charge in [-0.05, 0) is 11.5 Å². The van der Waals surface area contributed by atoms with Gasteiger partial charge < -0.3 is 0 Å². The van der Waals surface area contributed by atoms with Crippen LogP contribution in [0.15, 0.2) is 9.24 Å². The summed E-state index contributed by atoms with van der Waals surface area (Å²) in [5, 5.41) is 29.5. The van der Waals surface area contributed by atoms with Gasteiger partial charge in [0.25, 0.3) is 0 Å². The number of rotatable bonds is 2. The second-order valence-corrected chi connectivity index (χ2v) is 4.25. The van der Waals surface area contributed by atoms with Crippen LogP contribution in [0.3, 0.4) is 0 Å². The minimum Gasteiger partial charge on any atom is -0.192 e. The molecule has 0 amide bonds. The highest BCUT2D eigenvalue weighted by Crippen LogP contribution is 2.32. The van der Waals surface area contributed by atoms with Gasteiger partial charge in [0.1, 0.15) is 31.7 Å². The maximum absolute atomic E-state index is 8.71. The monoisotopic (exact) mass is 224 g/mol. The van der Waals surface area contributed by atoms with E-state index in [0.29, 0.717) is 14.8 Å². The van der Waals surface area contributed by atoms with Crippen LogP contribution < -0.4 is 0 Å². The second kappa shape index (κ2) is 4.74.